The number of nitrogens with zero attached hydrogens (tertiary/aromatic N) is 2. The SMILES string of the molecule is C=CCNC(=O)C(=O)C(CCC1CC1)NC(=O)[C@@H]1[C@@H]2[C@H](CN1C(=O)[C@@H](NC(=O)N[C@@H](CN1C(=O)CC(C)(C)CC1=O)C(C)(C)C)C(C)(C)C)C2(C)C. The molecule has 1 unspecified atom stereocenters. The molecular formula is C39H62N6O7. The third-order valence-corrected chi connectivity index (χ3v) is 11.6. The van der Waals surface area contributed by atoms with Crippen LogP contribution < -0.4 is 21.3 Å². The quantitative estimate of drug-likeness (QED) is 0.121. The summed E-state index contributed by atoms with van der Waals surface area (Å²) in [6.07, 6.45) is 5.06. The number of nitrogens with one attached hydrogen (secondary N) is 4. The predicted octanol–water partition coefficient (Wildman–Crippen LogP) is 3.32. The van der Waals surface area contributed by atoms with Crippen LogP contribution in [-0.2, 0) is 28.8 Å². The molecule has 4 fully saturated rings. The van der Waals surface area contributed by atoms with Crippen LogP contribution in [0, 0.1) is 39.4 Å². The van der Waals surface area contributed by atoms with Crippen LogP contribution in [0.25, 0.3) is 0 Å². The van der Waals surface area contributed by atoms with Gasteiger partial charge in [0.2, 0.25) is 29.4 Å². The molecule has 0 aromatic rings. The molecule has 0 aromatic carbocycles. The monoisotopic (exact) mass is 726 g/mol. The van der Waals surface area contributed by atoms with E-state index in [1.54, 1.807) is 0 Å². The zero-order valence-electron chi connectivity index (χ0n) is 32.9. The molecule has 2 aliphatic carbocycles. The van der Waals surface area contributed by atoms with Crippen LogP contribution in [-0.4, -0.2) is 95.0 Å². The van der Waals surface area contributed by atoms with Gasteiger partial charge in [-0.15, -0.1) is 6.58 Å². The van der Waals surface area contributed by atoms with E-state index in [1.165, 1.54) is 15.9 Å². The summed E-state index contributed by atoms with van der Waals surface area (Å²) in [5.41, 5.74) is -1.97. The van der Waals surface area contributed by atoms with Crippen molar-refractivity contribution < 1.29 is 33.6 Å². The molecule has 4 N–H and O–H groups in total. The highest BCUT2D eigenvalue weighted by atomic mass is 16.2. The van der Waals surface area contributed by atoms with Gasteiger partial charge in [0.1, 0.15) is 12.1 Å². The highest BCUT2D eigenvalue weighted by molar-refractivity contribution is 6.38. The topological polar surface area (TPSA) is 174 Å². The molecule has 52 heavy (non-hydrogen) atoms. The van der Waals surface area contributed by atoms with E-state index < -0.39 is 69.9 Å². The molecule has 0 aromatic heterocycles. The van der Waals surface area contributed by atoms with E-state index in [0.717, 1.165) is 12.8 Å². The van der Waals surface area contributed by atoms with Gasteiger partial charge in [0.05, 0.1) is 12.1 Å². The first-order valence-corrected chi connectivity index (χ1v) is 18.8. The van der Waals surface area contributed by atoms with Gasteiger partial charge in [0.15, 0.2) is 0 Å². The average molecular weight is 727 g/mol. The number of piperidine rings is 2. The Balaban J connectivity index is 1.52. The fourth-order valence-corrected chi connectivity index (χ4v) is 7.84. The Morgan fingerprint density at radius 1 is 0.904 bits per heavy atom. The third-order valence-electron chi connectivity index (χ3n) is 11.6. The summed E-state index contributed by atoms with van der Waals surface area (Å²) >= 11 is 0. The maximum atomic E-state index is 14.5. The maximum absolute atomic E-state index is 14.5. The molecular weight excluding hydrogens is 664 g/mol. The van der Waals surface area contributed by atoms with Crippen LogP contribution in [0.3, 0.4) is 0 Å². The molecule has 0 bridgehead atoms. The van der Waals surface area contributed by atoms with E-state index in [1.807, 2.05) is 55.4 Å². The van der Waals surface area contributed by atoms with Gasteiger partial charge >= 0.3 is 6.03 Å². The van der Waals surface area contributed by atoms with Gasteiger partial charge < -0.3 is 26.2 Å². The van der Waals surface area contributed by atoms with Crippen molar-refractivity contribution >= 4 is 41.4 Å². The van der Waals surface area contributed by atoms with Crippen LogP contribution in [0.2, 0.25) is 0 Å². The Morgan fingerprint density at radius 3 is 2.02 bits per heavy atom. The number of fused-ring (bicyclic) bond motifs is 1. The lowest BCUT2D eigenvalue weighted by Crippen LogP contribution is -2.63. The number of hydrogen-bond acceptors (Lipinski definition) is 7. The zero-order valence-corrected chi connectivity index (χ0v) is 32.9. The molecule has 0 radical (unpaired) electrons. The number of imide groups is 1. The molecule has 2 saturated heterocycles. The number of Topliss-reactive ketones (excluding diaryl/α,β-unsaturated/α-hetero) is 1. The summed E-state index contributed by atoms with van der Waals surface area (Å²) < 4.78 is 0. The molecule has 13 heteroatoms. The summed E-state index contributed by atoms with van der Waals surface area (Å²) in [4.78, 5) is 97.0. The van der Waals surface area contributed by atoms with Gasteiger partial charge in [-0.3, -0.25) is 33.7 Å². The van der Waals surface area contributed by atoms with Crippen LogP contribution in [0.5, 0.6) is 0 Å². The van der Waals surface area contributed by atoms with E-state index in [9.17, 15) is 33.6 Å². The van der Waals surface area contributed by atoms with Gasteiger partial charge in [-0.25, -0.2) is 4.79 Å². The van der Waals surface area contributed by atoms with E-state index in [2.05, 4.69) is 41.7 Å². The first kappa shape index (κ1) is 41.0. The van der Waals surface area contributed by atoms with Crippen molar-refractivity contribution in [3.8, 4) is 0 Å². The molecule has 0 spiro atoms. The van der Waals surface area contributed by atoms with E-state index in [0.29, 0.717) is 25.3 Å². The number of rotatable bonds is 14. The van der Waals surface area contributed by atoms with Crippen molar-refractivity contribution in [2.24, 2.45) is 39.4 Å². The van der Waals surface area contributed by atoms with Crippen molar-refractivity contribution in [2.75, 3.05) is 19.6 Å². The summed E-state index contributed by atoms with van der Waals surface area (Å²) in [5.74, 6) is -2.64. The first-order valence-electron chi connectivity index (χ1n) is 18.8. The molecule has 290 valence electrons. The molecule has 4 aliphatic rings. The minimum Gasteiger partial charge on any atom is -0.346 e. The average Bonchev–Trinajstić information content (AvgIpc) is 3.87. The van der Waals surface area contributed by atoms with Crippen molar-refractivity contribution in [1.82, 2.24) is 31.1 Å². The second-order valence-electron chi connectivity index (χ2n) is 19.1. The Labute approximate surface area is 309 Å². The summed E-state index contributed by atoms with van der Waals surface area (Å²) in [6.45, 7) is 23.1. The number of carbonyl (C=O) groups is 7. The number of likely N-dealkylation sites (tertiary alicyclic amines) is 2. The molecule has 13 nitrogen and oxygen atoms in total. The standard InChI is InChI=1S/C39H62N6O7/c1-12-17-40-33(50)30(48)24(16-15-22-13-14-22)41-32(49)29-28-23(39(28,10)11)20-45(29)34(51)31(37(5,6)7)43-35(52)42-25(36(2,3)4)21-44-26(46)18-38(8,9)19-27(44)47/h12,22-25,28-29,31H,1,13-21H2,2-11H3,(H,40,50)(H,41,49)(H2,42,43,52)/t23-,24?,25-,28-,29-,31+/m0/s1. The Hall–Kier alpha value is -3.77. The van der Waals surface area contributed by atoms with Gasteiger partial charge in [-0.1, -0.05) is 88.2 Å². The van der Waals surface area contributed by atoms with Crippen LogP contribution >= 0.6 is 0 Å². The minimum atomic E-state index is -1.04. The minimum absolute atomic E-state index is 0.00213. The highest BCUT2D eigenvalue weighted by Crippen LogP contribution is 2.65. The molecule has 7 amide bonds. The van der Waals surface area contributed by atoms with Gasteiger partial charge in [0, 0.05) is 32.5 Å². The number of hydrogen-bond donors (Lipinski definition) is 4. The lowest BCUT2D eigenvalue weighted by Gasteiger charge is -2.40. The predicted molar refractivity (Wildman–Crippen MR) is 196 cm³/mol. The largest absolute Gasteiger partial charge is 0.346 e. The van der Waals surface area contributed by atoms with Crippen molar-refractivity contribution in [2.45, 2.75) is 132 Å². The summed E-state index contributed by atoms with van der Waals surface area (Å²) in [6, 6.07) is -4.22. The third kappa shape index (κ3) is 9.41. The van der Waals surface area contributed by atoms with E-state index in [-0.39, 0.29) is 55.0 Å². The fourth-order valence-electron chi connectivity index (χ4n) is 7.84. The lowest BCUT2D eigenvalue weighted by molar-refractivity contribution is -0.153. The fraction of sp³-hybridized carbons (Fsp3) is 0.769. The number of carbonyl (C=O) groups excluding carboxylic acids is 7. The van der Waals surface area contributed by atoms with Crippen molar-refractivity contribution in [1.29, 1.82) is 0 Å². The van der Waals surface area contributed by atoms with Crippen LogP contribution in [0.15, 0.2) is 12.7 Å². The second kappa shape index (κ2) is 14.9. The van der Waals surface area contributed by atoms with Crippen molar-refractivity contribution in [3.05, 3.63) is 12.7 Å². The molecule has 2 aliphatic heterocycles. The van der Waals surface area contributed by atoms with Crippen molar-refractivity contribution in [3.63, 3.8) is 0 Å². The Bertz CT molecular complexity index is 1450. The van der Waals surface area contributed by atoms with E-state index in [4.69, 9.17) is 0 Å². The Kier molecular flexibility index (Phi) is 11.8. The molecule has 2 saturated carbocycles. The van der Waals surface area contributed by atoms with Gasteiger partial charge in [-0.05, 0) is 52.3 Å². The van der Waals surface area contributed by atoms with E-state index >= 15 is 0 Å². The lowest BCUT2D eigenvalue weighted by atomic mass is 9.80. The molecule has 2 heterocycles. The number of ketones is 1. The number of amides is 7. The second-order valence-corrected chi connectivity index (χ2v) is 19.1. The Morgan fingerprint density at radius 2 is 1.50 bits per heavy atom. The van der Waals surface area contributed by atoms with Crippen LogP contribution in [0.1, 0.15) is 108 Å². The zero-order chi connectivity index (χ0) is 39.1. The normalized spacial score (nSPS) is 25.3. The maximum Gasteiger partial charge on any atom is 0.315 e. The smallest absolute Gasteiger partial charge is 0.315 e. The highest BCUT2D eigenvalue weighted by Gasteiger charge is 2.70. The summed E-state index contributed by atoms with van der Waals surface area (Å²) in [5, 5.41) is 11.2. The summed E-state index contributed by atoms with van der Waals surface area (Å²) in [7, 11) is 0. The molecule has 6 atom stereocenters. The van der Waals surface area contributed by atoms with Crippen LogP contribution in [0.4, 0.5) is 4.79 Å². The molecule has 4 rings (SSSR count). The number of urea groups is 1. The first-order chi connectivity index (χ1) is 23.9. The van der Waals surface area contributed by atoms with Gasteiger partial charge in [0.25, 0.3) is 5.91 Å². The van der Waals surface area contributed by atoms with Gasteiger partial charge in [-0.2, -0.15) is 0 Å².